The van der Waals surface area contributed by atoms with E-state index >= 15 is 0 Å². The van der Waals surface area contributed by atoms with Gasteiger partial charge in [0.05, 0.1) is 0 Å². The van der Waals surface area contributed by atoms with Gasteiger partial charge >= 0.3 is 0 Å². The molecular weight excluding hydrogens is 382 g/mol. The van der Waals surface area contributed by atoms with Crippen LogP contribution in [-0.2, 0) is 11.3 Å². The molecule has 0 saturated carbocycles. The van der Waals surface area contributed by atoms with Crippen molar-refractivity contribution < 1.29 is 14.3 Å². The summed E-state index contributed by atoms with van der Waals surface area (Å²) in [6.45, 7) is 2.48. The van der Waals surface area contributed by atoms with Gasteiger partial charge in [0.15, 0.2) is 17.5 Å². The summed E-state index contributed by atoms with van der Waals surface area (Å²) in [5.74, 6) is 1.66. The highest BCUT2D eigenvalue weighted by Gasteiger charge is 2.22. The third kappa shape index (κ3) is 3.77. The Morgan fingerprint density at radius 2 is 2.00 bits per heavy atom. The number of hydrogen-bond acceptors (Lipinski definition) is 6. The van der Waals surface area contributed by atoms with E-state index in [2.05, 4.69) is 20.7 Å². The van der Waals surface area contributed by atoms with Gasteiger partial charge in [-0.05, 0) is 53.6 Å². The van der Waals surface area contributed by atoms with E-state index in [1.165, 1.54) is 4.80 Å². The molecule has 0 spiro atoms. The molecule has 1 atom stereocenters. The Morgan fingerprint density at radius 1 is 1.21 bits per heavy atom. The number of nitrogens with one attached hydrogen (secondary N) is 1. The topological polar surface area (TPSA) is 91.2 Å². The standard InChI is InChI=1S/C19H18ClN5O3/c1-2-15(25-23-18(22-24-25)13-4-6-14(20)7-5-13)19(26)21-10-12-3-8-16-17(9-12)28-11-27-16/h3-9,15H,2,10-11H2,1H3,(H,21,26)/t15-/m0/s1. The molecule has 3 aromatic rings. The van der Waals surface area contributed by atoms with E-state index in [0.717, 1.165) is 11.1 Å². The van der Waals surface area contributed by atoms with Crippen molar-refractivity contribution in [3.05, 3.63) is 53.1 Å². The number of nitrogens with zero attached hydrogens (tertiary/aromatic N) is 4. The molecule has 0 bridgehead atoms. The first-order valence-corrected chi connectivity index (χ1v) is 9.23. The molecule has 0 radical (unpaired) electrons. The van der Waals surface area contributed by atoms with E-state index in [1.54, 1.807) is 12.1 Å². The largest absolute Gasteiger partial charge is 0.454 e. The maximum Gasteiger partial charge on any atom is 0.247 e. The molecule has 8 nitrogen and oxygen atoms in total. The zero-order chi connectivity index (χ0) is 19.5. The lowest BCUT2D eigenvalue weighted by molar-refractivity contribution is -0.125. The van der Waals surface area contributed by atoms with Gasteiger partial charge in [-0.3, -0.25) is 4.79 Å². The summed E-state index contributed by atoms with van der Waals surface area (Å²) in [6.07, 6.45) is 0.531. The number of ether oxygens (including phenoxy) is 2. The van der Waals surface area contributed by atoms with Crippen molar-refractivity contribution in [2.24, 2.45) is 0 Å². The Morgan fingerprint density at radius 3 is 2.79 bits per heavy atom. The van der Waals surface area contributed by atoms with Crippen LogP contribution in [0.2, 0.25) is 5.02 Å². The summed E-state index contributed by atoms with van der Waals surface area (Å²) in [6, 6.07) is 12.2. The lowest BCUT2D eigenvalue weighted by Crippen LogP contribution is -2.33. The Hall–Kier alpha value is -3.13. The average molecular weight is 400 g/mol. The van der Waals surface area contributed by atoms with Crippen LogP contribution in [0, 0.1) is 0 Å². The number of carbonyl (C=O) groups excluding carboxylic acids is 1. The van der Waals surface area contributed by atoms with Gasteiger partial charge < -0.3 is 14.8 Å². The van der Waals surface area contributed by atoms with Crippen molar-refractivity contribution in [1.29, 1.82) is 0 Å². The SMILES string of the molecule is CC[C@@H](C(=O)NCc1ccc2c(c1)OCO2)n1nnc(-c2ccc(Cl)cc2)n1. The Labute approximate surface area is 166 Å². The first kappa shape index (κ1) is 18.2. The van der Waals surface area contributed by atoms with Gasteiger partial charge in [0.1, 0.15) is 0 Å². The summed E-state index contributed by atoms with van der Waals surface area (Å²) < 4.78 is 10.7. The van der Waals surface area contributed by atoms with Gasteiger partial charge in [0.2, 0.25) is 18.5 Å². The van der Waals surface area contributed by atoms with E-state index in [9.17, 15) is 4.79 Å². The van der Waals surface area contributed by atoms with Crippen LogP contribution in [0.5, 0.6) is 11.5 Å². The number of aromatic nitrogens is 4. The number of rotatable bonds is 6. The average Bonchev–Trinajstić information content (AvgIpc) is 3.37. The molecule has 1 aromatic heterocycles. The Bertz CT molecular complexity index is 989. The summed E-state index contributed by atoms with van der Waals surface area (Å²) in [5, 5.41) is 16.0. The van der Waals surface area contributed by atoms with E-state index in [-0.39, 0.29) is 12.7 Å². The maximum atomic E-state index is 12.7. The second-order valence-corrected chi connectivity index (χ2v) is 6.71. The lowest BCUT2D eigenvalue weighted by atomic mass is 10.2. The van der Waals surface area contributed by atoms with Crippen molar-refractivity contribution in [3.8, 4) is 22.9 Å². The van der Waals surface area contributed by atoms with Crippen LogP contribution in [0.3, 0.4) is 0 Å². The highest BCUT2D eigenvalue weighted by atomic mass is 35.5. The van der Waals surface area contributed by atoms with Gasteiger partial charge in [0, 0.05) is 17.1 Å². The molecule has 2 heterocycles. The molecule has 1 N–H and O–H groups in total. The van der Waals surface area contributed by atoms with Gasteiger partial charge in [-0.15, -0.1) is 10.2 Å². The molecular formula is C19H18ClN5O3. The van der Waals surface area contributed by atoms with Gasteiger partial charge in [-0.2, -0.15) is 4.80 Å². The summed E-state index contributed by atoms with van der Waals surface area (Å²) in [4.78, 5) is 14.0. The molecule has 2 aromatic carbocycles. The summed E-state index contributed by atoms with van der Waals surface area (Å²) in [5.41, 5.74) is 1.70. The zero-order valence-corrected chi connectivity index (χ0v) is 15.9. The van der Waals surface area contributed by atoms with Crippen LogP contribution in [-0.4, -0.2) is 32.9 Å². The molecule has 1 aliphatic rings. The molecule has 0 fully saturated rings. The van der Waals surface area contributed by atoms with Gasteiger partial charge in [-0.1, -0.05) is 24.6 Å². The van der Waals surface area contributed by atoms with E-state index in [1.807, 2.05) is 37.3 Å². The van der Waals surface area contributed by atoms with E-state index < -0.39 is 6.04 Å². The van der Waals surface area contributed by atoms with Crippen LogP contribution in [0.25, 0.3) is 11.4 Å². The lowest BCUT2D eigenvalue weighted by Gasteiger charge is -2.13. The molecule has 4 rings (SSSR count). The minimum atomic E-state index is -0.553. The highest BCUT2D eigenvalue weighted by Crippen LogP contribution is 2.32. The molecule has 144 valence electrons. The maximum absolute atomic E-state index is 12.7. The van der Waals surface area contributed by atoms with Crippen molar-refractivity contribution in [1.82, 2.24) is 25.5 Å². The minimum Gasteiger partial charge on any atom is -0.454 e. The molecule has 0 saturated heterocycles. The van der Waals surface area contributed by atoms with Crippen LogP contribution >= 0.6 is 11.6 Å². The normalized spacial score (nSPS) is 13.4. The predicted molar refractivity (Wildman–Crippen MR) is 102 cm³/mol. The minimum absolute atomic E-state index is 0.180. The number of carbonyl (C=O) groups is 1. The molecule has 0 unspecified atom stereocenters. The van der Waals surface area contributed by atoms with Gasteiger partial charge in [-0.25, -0.2) is 0 Å². The first-order valence-electron chi connectivity index (χ1n) is 8.85. The number of halogens is 1. The number of benzene rings is 2. The Balaban J connectivity index is 1.43. The molecule has 1 aliphatic heterocycles. The second-order valence-electron chi connectivity index (χ2n) is 6.27. The predicted octanol–water partition coefficient (Wildman–Crippen LogP) is 2.99. The first-order chi connectivity index (χ1) is 13.6. The molecule has 1 amide bonds. The van der Waals surface area contributed by atoms with Crippen molar-refractivity contribution in [2.75, 3.05) is 6.79 Å². The number of fused-ring (bicyclic) bond motifs is 1. The summed E-state index contributed by atoms with van der Waals surface area (Å²) >= 11 is 5.91. The monoisotopic (exact) mass is 399 g/mol. The van der Waals surface area contributed by atoms with E-state index in [4.69, 9.17) is 21.1 Å². The number of tetrazole rings is 1. The number of amides is 1. The fourth-order valence-electron chi connectivity index (χ4n) is 2.88. The smallest absolute Gasteiger partial charge is 0.247 e. The second kappa shape index (κ2) is 7.85. The quantitative estimate of drug-likeness (QED) is 0.685. The third-order valence-electron chi connectivity index (χ3n) is 4.40. The fraction of sp³-hybridized carbons (Fsp3) is 0.263. The molecule has 9 heteroatoms. The van der Waals surface area contributed by atoms with Crippen LogP contribution < -0.4 is 14.8 Å². The van der Waals surface area contributed by atoms with Crippen molar-refractivity contribution in [3.63, 3.8) is 0 Å². The van der Waals surface area contributed by atoms with Crippen molar-refractivity contribution >= 4 is 17.5 Å². The van der Waals surface area contributed by atoms with Crippen LogP contribution in [0.4, 0.5) is 0 Å². The molecule has 0 aliphatic carbocycles. The zero-order valence-electron chi connectivity index (χ0n) is 15.1. The van der Waals surface area contributed by atoms with Crippen LogP contribution in [0.15, 0.2) is 42.5 Å². The van der Waals surface area contributed by atoms with Crippen LogP contribution in [0.1, 0.15) is 24.9 Å². The third-order valence-corrected chi connectivity index (χ3v) is 4.65. The highest BCUT2D eigenvalue weighted by molar-refractivity contribution is 6.30. The molecule has 28 heavy (non-hydrogen) atoms. The number of hydrogen-bond donors (Lipinski definition) is 1. The summed E-state index contributed by atoms with van der Waals surface area (Å²) in [7, 11) is 0. The van der Waals surface area contributed by atoms with Crippen molar-refractivity contribution in [2.45, 2.75) is 25.9 Å². The Kier molecular flexibility index (Phi) is 5.12. The van der Waals surface area contributed by atoms with E-state index in [0.29, 0.717) is 35.3 Å². The fourth-order valence-corrected chi connectivity index (χ4v) is 3.01. The van der Waals surface area contributed by atoms with Gasteiger partial charge in [0.25, 0.3) is 0 Å².